The Hall–Kier alpha value is -0.820. The normalized spacial score (nSPS) is 31.3. The molecule has 0 bridgehead atoms. The molecule has 3 atom stereocenters. The summed E-state index contributed by atoms with van der Waals surface area (Å²) in [4.78, 5) is 0. The van der Waals surface area contributed by atoms with E-state index < -0.39 is 0 Å². The van der Waals surface area contributed by atoms with Gasteiger partial charge in [0.2, 0.25) is 0 Å². The quantitative estimate of drug-likeness (QED) is 0.833. The molecule has 0 amide bonds. The van der Waals surface area contributed by atoms with Gasteiger partial charge in [-0.15, -0.1) is 0 Å². The van der Waals surface area contributed by atoms with E-state index in [2.05, 4.69) is 33.8 Å². The Morgan fingerprint density at radius 2 is 1.44 bits per heavy atom. The van der Waals surface area contributed by atoms with Crippen LogP contribution in [-0.2, 0) is 0 Å². The molecular weight excluding hydrogens is 220 g/mol. The topological polar surface area (TPSA) is 20.2 Å². The summed E-state index contributed by atoms with van der Waals surface area (Å²) in [6.07, 6.45) is 3.68. The highest BCUT2D eigenvalue weighted by Crippen LogP contribution is 2.57. The van der Waals surface area contributed by atoms with Crippen molar-refractivity contribution in [3.63, 3.8) is 0 Å². The Labute approximate surface area is 110 Å². The SMILES string of the molecule is Cc1cc(C)c(C)c(C(O)C2CC3CC3C2)c1C. The standard InChI is InChI=1S/C17H24O/c1-9-5-10(2)12(4)16(11(9)3)17(18)15-7-13-6-14(13)8-15/h5,13-15,17-18H,6-8H2,1-4H3. The van der Waals surface area contributed by atoms with E-state index in [4.69, 9.17) is 0 Å². The molecule has 3 rings (SSSR count). The Kier molecular flexibility index (Phi) is 2.78. The van der Waals surface area contributed by atoms with Crippen LogP contribution in [0.2, 0.25) is 0 Å². The average Bonchev–Trinajstić information content (AvgIpc) is 2.94. The fraction of sp³-hybridized carbons (Fsp3) is 0.647. The van der Waals surface area contributed by atoms with Crippen LogP contribution in [0.3, 0.4) is 0 Å². The number of aryl methyl sites for hydroxylation is 2. The molecule has 1 nitrogen and oxygen atoms in total. The Morgan fingerprint density at radius 3 is 1.94 bits per heavy atom. The molecule has 2 saturated carbocycles. The third-order valence-electron chi connectivity index (χ3n) is 5.45. The van der Waals surface area contributed by atoms with E-state index in [9.17, 15) is 5.11 Å². The van der Waals surface area contributed by atoms with Crippen molar-refractivity contribution in [2.24, 2.45) is 17.8 Å². The molecule has 1 aromatic carbocycles. The van der Waals surface area contributed by atoms with Gasteiger partial charge in [-0.1, -0.05) is 6.07 Å². The van der Waals surface area contributed by atoms with Gasteiger partial charge in [0.05, 0.1) is 6.10 Å². The number of rotatable bonds is 2. The molecule has 2 fully saturated rings. The lowest BCUT2D eigenvalue weighted by atomic mass is 9.84. The zero-order valence-corrected chi connectivity index (χ0v) is 12.0. The van der Waals surface area contributed by atoms with Gasteiger partial charge in [-0.2, -0.15) is 0 Å². The van der Waals surface area contributed by atoms with E-state index in [1.807, 2.05) is 0 Å². The minimum atomic E-state index is -0.239. The van der Waals surface area contributed by atoms with Gasteiger partial charge < -0.3 is 5.11 Å². The first-order valence-corrected chi connectivity index (χ1v) is 7.24. The van der Waals surface area contributed by atoms with Gasteiger partial charge >= 0.3 is 0 Å². The largest absolute Gasteiger partial charge is 0.388 e. The molecule has 2 aliphatic rings. The van der Waals surface area contributed by atoms with Crippen molar-refractivity contribution in [1.29, 1.82) is 0 Å². The van der Waals surface area contributed by atoms with Crippen molar-refractivity contribution in [1.82, 2.24) is 0 Å². The van der Waals surface area contributed by atoms with Crippen molar-refractivity contribution in [2.45, 2.75) is 53.1 Å². The number of benzene rings is 1. The third-order valence-corrected chi connectivity index (χ3v) is 5.45. The first-order chi connectivity index (χ1) is 8.49. The molecule has 0 aliphatic heterocycles. The lowest BCUT2D eigenvalue weighted by Crippen LogP contribution is -2.15. The van der Waals surface area contributed by atoms with Crippen LogP contribution in [-0.4, -0.2) is 5.11 Å². The molecule has 1 aromatic rings. The maximum Gasteiger partial charge on any atom is 0.0823 e. The fourth-order valence-corrected chi connectivity index (χ4v) is 3.95. The van der Waals surface area contributed by atoms with Crippen molar-refractivity contribution in [3.8, 4) is 0 Å². The second kappa shape index (κ2) is 4.09. The first-order valence-electron chi connectivity index (χ1n) is 7.24. The predicted octanol–water partition coefficient (Wildman–Crippen LogP) is 4.00. The highest BCUT2D eigenvalue weighted by molar-refractivity contribution is 5.45. The second-order valence-corrected chi connectivity index (χ2v) is 6.61. The van der Waals surface area contributed by atoms with Gasteiger partial charge in [0.1, 0.15) is 0 Å². The lowest BCUT2D eigenvalue weighted by molar-refractivity contribution is 0.103. The Balaban J connectivity index is 1.95. The van der Waals surface area contributed by atoms with E-state index in [-0.39, 0.29) is 6.10 Å². The maximum absolute atomic E-state index is 10.8. The van der Waals surface area contributed by atoms with Crippen molar-refractivity contribution >= 4 is 0 Å². The van der Waals surface area contributed by atoms with Crippen LogP contribution >= 0.6 is 0 Å². The molecule has 98 valence electrons. The third kappa shape index (κ3) is 1.80. The highest BCUT2D eigenvalue weighted by atomic mass is 16.3. The van der Waals surface area contributed by atoms with Crippen LogP contribution in [0.15, 0.2) is 6.07 Å². The molecule has 2 aliphatic carbocycles. The van der Waals surface area contributed by atoms with Crippen molar-refractivity contribution in [3.05, 3.63) is 33.9 Å². The smallest absolute Gasteiger partial charge is 0.0823 e. The van der Waals surface area contributed by atoms with Gasteiger partial charge in [-0.3, -0.25) is 0 Å². The molecule has 18 heavy (non-hydrogen) atoms. The summed E-state index contributed by atoms with van der Waals surface area (Å²) in [5, 5.41) is 10.8. The van der Waals surface area contributed by atoms with Crippen molar-refractivity contribution < 1.29 is 5.11 Å². The molecular formula is C17H24O. The summed E-state index contributed by atoms with van der Waals surface area (Å²) in [6, 6.07) is 2.24. The molecule has 0 radical (unpaired) electrons. The summed E-state index contributed by atoms with van der Waals surface area (Å²) in [7, 11) is 0. The number of aliphatic hydroxyl groups excluding tert-OH is 1. The van der Waals surface area contributed by atoms with Gasteiger partial charge in [0.15, 0.2) is 0 Å². The molecule has 1 heteroatoms. The first kappa shape index (κ1) is 12.2. The van der Waals surface area contributed by atoms with Gasteiger partial charge in [-0.25, -0.2) is 0 Å². The van der Waals surface area contributed by atoms with Gasteiger partial charge in [0, 0.05) is 0 Å². The number of hydrogen-bond donors (Lipinski definition) is 1. The van der Waals surface area contributed by atoms with Crippen LogP contribution in [0.4, 0.5) is 0 Å². The summed E-state index contributed by atoms with van der Waals surface area (Å²) >= 11 is 0. The molecule has 1 N–H and O–H groups in total. The van der Waals surface area contributed by atoms with E-state index >= 15 is 0 Å². The van der Waals surface area contributed by atoms with Crippen LogP contribution in [0.25, 0.3) is 0 Å². The van der Waals surface area contributed by atoms with E-state index in [0.29, 0.717) is 5.92 Å². The van der Waals surface area contributed by atoms with Crippen LogP contribution in [0, 0.1) is 45.4 Å². The minimum Gasteiger partial charge on any atom is -0.388 e. The van der Waals surface area contributed by atoms with Gasteiger partial charge in [0.25, 0.3) is 0 Å². The maximum atomic E-state index is 10.8. The van der Waals surface area contributed by atoms with E-state index in [1.54, 1.807) is 0 Å². The number of fused-ring (bicyclic) bond motifs is 1. The predicted molar refractivity (Wildman–Crippen MR) is 74.7 cm³/mol. The van der Waals surface area contributed by atoms with E-state index in [1.165, 1.54) is 47.1 Å². The van der Waals surface area contributed by atoms with Gasteiger partial charge in [-0.05, 0) is 92.5 Å². The fourth-order valence-electron chi connectivity index (χ4n) is 3.95. The van der Waals surface area contributed by atoms with Crippen LogP contribution in [0.5, 0.6) is 0 Å². The molecule has 3 unspecified atom stereocenters. The molecule has 0 aromatic heterocycles. The van der Waals surface area contributed by atoms with Crippen LogP contribution < -0.4 is 0 Å². The summed E-state index contributed by atoms with van der Waals surface area (Å²) in [6.45, 7) is 8.64. The highest BCUT2D eigenvalue weighted by Gasteiger charge is 2.48. The average molecular weight is 244 g/mol. The second-order valence-electron chi connectivity index (χ2n) is 6.61. The monoisotopic (exact) mass is 244 g/mol. The molecule has 0 spiro atoms. The zero-order chi connectivity index (χ0) is 13.0. The number of hydrogen-bond acceptors (Lipinski definition) is 1. The Morgan fingerprint density at radius 1 is 0.944 bits per heavy atom. The number of aliphatic hydroxyl groups is 1. The van der Waals surface area contributed by atoms with E-state index in [0.717, 1.165) is 11.8 Å². The minimum absolute atomic E-state index is 0.239. The van der Waals surface area contributed by atoms with Crippen molar-refractivity contribution in [2.75, 3.05) is 0 Å². The zero-order valence-electron chi connectivity index (χ0n) is 12.0. The molecule has 0 saturated heterocycles. The summed E-state index contributed by atoms with van der Waals surface area (Å²) in [5.41, 5.74) is 6.45. The molecule has 0 heterocycles. The lowest BCUT2D eigenvalue weighted by Gasteiger charge is -2.25. The summed E-state index contributed by atoms with van der Waals surface area (Å²) < 4.78 is 0. The van der Waals surface area contributed by atoms with Crippen LogP contribution in [0.1, 0.15) is 53.2 Å². The summed E-state index contributed by atoms with van der Waals surface area (Å²) in [5.74, 6) is 2.39. The Bertz CT molecular complexity index is 453.